The first-order valence-electron chi connectivity index (χ1n) is 9.19. The molecule has 152 valence electrons. The van der Waals surface area contributed by atoms with Crippen LogP contribution >= 0.6 is 15.9 Å². The van der Waals surface area contributed by atoms with Crippen LogP contribution in [-0.4, -0.2) is 21.7 Å². The number of halogens is 2. The number of hydrogen-bond acceptors (Lipinski definition) is 4. The summed E-state index contributed by atoms with van der Waals surface area (Å²) in [5.74, 6) is -2.02. The molecule has 3 aromatic rings. The monoisotopic (exact) mass is 469 g/mol. The minimum atomic E-state index is -0.850. The van der Waals surface area contributed by atoms with E-state index in [9.17, 15) is 19.1 Å². The van der Waals surface area contributed by atoms with Gasteiger partial charge in [-0.2, -0.15) is 0 Å². The number of aryl methyl sites for hydroxylation is 1. The molecule has 1 N–H and O–H groups in total. The van der Waals surface area contributed by atoms with Crippen LogP contribution in [0.4, 0.5) is 4.39 Å². The summed E-state index contributed by atoms with van der Waals surface area (Å²) in [5.41, 5.74) is 1.08. The highest BCUT2D eigenvalue weighted by Crippen LogP contribution is 2.41. The van der Waals surface area contributed by atoms with Crippen LogP contribution in [0.2, 0.25) is 0 Å². The van der Waals surface area contributed by atoms with Gasteiger partial charge in [0, 0.05) is 10.0 Å². The summed E-state index contributed by atoms with van der Waals surface area (Å²) in [6.45, 7) is 1.65. The van der Waals surface area contributed by atoms with Crippen molar-refractivity contribution in [2.45, 2.75) is 19.5 Å². The first-order valence-corrected chi connectivity index (χ1v) is 9.99. The molecule has 4 rings (SSSR count). The molecule has 1 aliphatic rings. The summed E-state index contributed by atoms with van der Waals surface area (Å²) in [4.78, 5) is 27.2. The Kier molecular flexibility index (Phi) is 5.30. The Hall–Kier alpha value is -3.19. The van der Waals surface area contributed by atoms with Gasteiger partial charge in [-0.05, 0) is 48.4 Å². The molecule has 1 fully saturated rings. The van der Waals surface area contributed by atoms with E-state index in [1.54, 1.807) is 37.3 Å². The third kappa shape index (κ3) is 3.57. The molecule has 0 aliphatic carbocycles. The normalized spacial score (nSPS) is 18.2. The van der Waals surface area contributed by atoms with Gasteiger partial charge in [-0.3, -0.25) is 9.59 Å². The molecule has 1 saturated heterocycles. The molecule has 30 heavy (non-hydrogen) atoms. The van der Waals surface area contributed by atoms with Gasteiger partial charge in [0.05, 0.1) is 24.4 Å². The molecule has 1 atom stereocenters. The number of ketones is 1. The Balaban J connectivity index is 1.89. The molecule has 0 bridgehead atoms. The number of amides is 1. The number of carbonyl (C=O) groups excluding carboxylic acids is 2. The fraction of sp³-hybridized carbons (Fsp3) is 0.130. The number of carbonyl (C=O) groups is 2. The minimum absolute atomic E-state index is 0.0494. The maximum Gasteiger partial charge on any atom is 0.296 e. The van der Waals surface area contributed by atoms with E-state index in [0.717, 1.165) is 10.5 Å². The van der Waals surface area contributed by atoms with Crippen LogP contribution in [0.1, 0.15) is 28.5 Å². The maximum atomic E-state index is 14.1. The topological polar surface area (TPSA) is 70.8 Å². The molecule has 2 aromatic carbocycles. The van der Waals surface area contributed by atoms with E-state index in [1.165, 1.54) is 23.3 Å². The van der Waals surface area contributed by atoms with Gasteiger partial charge in [0.15, 0.2) is 0 Å². The molecular formula is C23H17BrFNO4. The van der Waals surface area contributed by atoms with Crippen molar-refractivity contribution in [2.75, 3.05) is 0 Å². The second-order valence-corrected chi connectivity index (χ2v) is 7.94. The van der Waals surface area contributed by atoms with Gasteiger partial charge in [-0.15, -0.1) is 0 Å². The molecule has 2 heterocycles. The fourth-order valence-electron chi connectivity index (χ4n) is 3.53. The summed E-state index contributed by atoms with van der Waals surface area (Å²) in [7, 11) is 0. The molecule has 1 aromatic heterocycles. The van der Waals surface area contributed by atoms with Gasteiger partial charge in [0.25, 0.3) is 11.7 Å². The SMILES string of the molecule is Cc1ccc(C(O)=C2C(=O)C(=O)N(Cc3ccco3)[C@@H]2c2cccc(Br)c2)cc1F. The standard InChI is InChI=1S/C23H17BrFNO4/c1-13-7-8-15(11-18(13)25)21(27)19-20(14-4-2-5-16(24)10-14)26(23(29)22(19)28)12-17-6-3-9-30-17/h2-11,20,27H,12H2,1H3/t20-/m1/s1. The van der Waals surface area contributed by atoms with Crippen molar-refractivity contribution < 1.29 is 23.5 Å². The lowest BCUT2D eigenvalue weighted by Crippen LogP contribution is -2.29. The second kappa shape index (κ2) is 7.91. The minimum Gasteiger partial charge on any atom is -0.507 e. The highest BCUT2D eigenvalue weighted by molar-refractivity contribution is 9.10. The lowest BCUT2D eigenvalue weighted by molar-refractivity contribution is -0.140. The predicted molar refractivity (Wildman–Crippen MR) is 112 cm³/mol. The van der Waals surface area contributed by atoms with Crippen molar-refractivity contribution in [3.8, 4) is 0 Å². The zero-order chi connectivity index (χ0) is 21.4. The second-order valence-electron chi connectivity index (χ2n) is 7.03. The van der Waals surface area contributed by atoms with Crippen LogP contribution in [0.5, 0.6) is 0 Å². The molecule has 5 nitrogen and oxygen atoms in total. The summed E-state index contributed by atoms with van der Waals surface area (Å²) in [6.07, 6.45) is 1.48. The molecule has 1 aliphatic heterocycles. The Morgan fingerprint density at radius 1 is 1.17 bits per heavy atom. The van der Waals surface area contributed by atoms with E-state index in [4.69, 9.17) is 4.42 Å². The Bertz CT molecular complexity index is 1170. The highest BCUT2D eigenvalue weighted by Gasteiger charge is 2.46. The molecule has 0 saturated carbocycles. The van der Waals surface area contributed by atoms with Crippen molar-refractivity contribution >= 4 is 33.4 Å². The number of likely N-dealkylation sites (tertiary alicyclic amines) is 1. The lowest BCUT2D eigenvalue weighted by Gasteiger charge is -2.24. The number of nitrogens with zero attached hydrogens (tertiary/aromatic N) is 1. The lowest BCUT2D eigenvalue weighted by atomic mass is 9.95. The summed E-state index contributed by atoms with van der Waals surface area (Å²) < 4.78 is 20.2. The van der Waals surface area contributed by atoms with Gasteiger partial charge >= 0.3 is 0 Å². The largest absolute Gasteiger partial charge is 0.507 e. The zero-order valence-corrected chi connectivity index (χ0v) is 17.5. The van der Waals surface area contributed by atoms with Crippen molar-refractivity contribution in [3.63, 3.8) is 0 Å². The Morgan fingerprint density at radius 3 is 2.63 bits per heavy atom. The average Bonchev–Trinajstić information content (AvgIpc) is 3.32. The zero-order valence-electron chi connectivity index (χ0n) is 15.9. The predicted octanol–water partition coefficient (Wildman–Crippen LogP) is 5.11. The van der Waals surface area contributed by atoms with Crippen molar-refractivity contribution in [1.82, 2.24) is 4.90 Å². The van der Waals surface area contributed by atoms with E-state index in [0.29, 0.717) is 16.9 Å². The molecule has 0 radical (unpaired) electrons. The summed E-state index contributed by atoms with van der Waals surface area (Å²) in [5, 5.41) is 10.9. The summed E-state index contributed by atoms with van der Waals surface area (Å²) >= 11 is 3.40. The maximum absolute atomic E-state index is 14.1. The fourth-order valence-corrected chi connectivity index (χ4v) is 3.95. The average molecular weight is 470 g/mol. The third-order valence-electron chi connectivity index (χ3n) is 5.06. The number of Topliss-reactive ketones (excluding diaryl/α,β-unsaturated/α-hetero) is 1. The number of aliphatic hydroxyl groups is 1. The number of rotatable bonds is 4. The van der Waals surface area contributed by atoms with Crippen LogP contribution in [0.25, 0.3) is 5.76 Å². The Labute approximate surface area is 180 Å². The van der Waals surface area contributed by atoms with E-state index in [1.807, 2.05) is 6.07 Å². The quantitative estimate of drug-likeness (QED) is 0.327. The third-order valence-corrected chi connectivity index (χ3v) is 5.55. The van der Waals surface area contributed by atoms with Crippen LogP contribution < -0.4 is 0 Å². The smallest absolute Gasteiger partial charge is 0.296 e. The van der Waals surface area contributed by atoms with Gasteiger partial charge in [0.2, 0.25) is 0 Å². The molecule has 7 heteroatoms. The van der Waals surface area contributed by atoms with E-state index in [-0.39, 0.29) is 17.7 Å². The van der Waals surface area contributed by atoms with Crippen molar-refractivity contribution in [3.05, 3.63) is 99.2 Å². The van der Waals surface area contributed by atoms with Crippen LogP contribution in [0, 0.1) is 12.7 Å². The number of furan rings is 1. The van der Waals surface area contributed by atoms with E-state index < -0.39 is 29.3 Å². The molecule has 0 unspecified atom stereocenters. The molecular weight excluding hydrogens is 453 g/mol. The Morgan fingerprint density at radius 2 is 1.97 bits per heavy atom. The van der Waals surface area contributed by atoms with Crippen molar-refractivity contribution in [1.29, 1.82) is 0 Å². The molecule has 0 spiro atoms. The highest BCUT2D eigenvalue weighted by atomic mass is 79.9. The first-order chi connectivity index (χ1) is 14.4. The van der Waals surface area contributed by atoms with Gasteiger partial charge in [-0.1, -0.05) is 40.2 Å². The first kappa shape index (κ1) is 20.1. The van der Waals surface area contributed by atoms with E-state index in [2.05, 4.69) is 15.9 Å². The number of benzene rings is 2. The van der Waals surface area contributed by atoms with Gasteiger partial charge < -0.3 is 14.4 Å². The van der Waals surface area contributed by atoms with Crippen LogP contribution in [0.15, 0.2) is 75.3 Å². The van der Waals surface area contributed by atoms with Crippen molar-refractivity contribution in [2.24, 2.45) is 0 Å². The van der Waals surface area contributed by atoms with Crippen LogP contribution in [-0.2, 0) is 16.1 Å². The summed E-state index contributed by atoms with van der Waals surface area (Å²) in [6, 6.07) is 13.9. The number of aliphatic hydroxyl groups excluding tert-OH is 1. The van der Waals surface area contributed by atoms with Gasteiger partial charge in [0.1, 0.15) is 17.3 Å². The molecule has 1 amide bonds. The van der Waals surface area contributed by atoms with Gasteiger partial charge in [-0.25, -0.2) is 4.39 Å². The van der Waals surface area contributed by atoms with E-state index >= 15 is 0 Å². The number of hydrogen-bond donors (Lipinski definition) is 1. The van der Waals surface area contributed by atoms with Crippen LogP contribution in [0.3, 0.4) is 0 Å².